The van der Waals surface area contributed by atoms with Crippen LogP contribution in [0.3, 0.4) is 0 Å². The van der Waals surface area contributed by atoms with Crippen molar-refractivity contribution in [1.29, 1.82) is 0 Å². The third kappa shape index (κ3) is 4.40. The number of anilines is 1. The van der Waals surface area contributed by atoms with E-state index in [1.54, 1.807) is 13.2 Å². The van der Waals surface area contributed by atoms with E-state index in [-0.39, 0.29) is 12.5 Å². The van der Waals surface area contributed by atoms with Gasteiger partial charge in [0.05, 0.1) is 7.11 Å². The summed E-state index contributed by atoms with van der Waals surface area (Å²) in [5, 5.41) is 0. The zero-order valence-electron chi connectivity index (χ0n) is 17.3. The van der Waals surface area contributed by atoms with Crippen LogP contribution in [0.15, 0.2) is 60.9 Å². The summed E-state index contributed by atoms with van der Waals surface area (Å²) in [5.41, 5.74) is 2.31. The summed E-state index contributed by atoms with van der Waals surface area (Å²) >= 11 is 0. The first kappa shape index (κ1) is 19.8. The van der Waals surface area contributed by atoms with Crippen molar-refractivity contribution in [2.75, 3.05) is 44.8 Å². The lowest BCUT2D eigenvalue weighted by molar-refractivity contribution is -0.133. The van der Waals surface area contributed by atoms with Crippen molar-refractivity contribution < 1.29 is 14.3 Å². The van der Waals surface area contributed by atoms with E-state index >= 15 is 0 Å². The standard InChI is InChI=1S/C23H26N4O3/c1-18-6-8-19(9-7-18)27-11-10-24-23(27)26-14-12-25(13-15-26)22(28)17-30-21-5-3-4-20(16-21)29-2/h3-11,16H,12-15,17H2,1-2H3. The van der Waals surface area contributed by atoms with E-state index in [4.69, 9.17) is 9.47 Å². The molecule has 7 heteroatoms. The number of piperazine rings is 1. The minimum atomic E-state index is -0.0145. The highest BCUT2D eigenvalue weighted by Crippen LogP contribution is 2.21. The number of ether oxygens (including phenoxy) is 2. The van der Waals surface area contributed by atoms with Crippen molar-refractivity contribution in [2.24, 2.45) is 0 Å². The fourth-order valence-corrected chi connectivity index (χ4v) is 3.52. The van der Waals surface area contributed by atoms with Gasteiger partial charge in [0.2, 0.25) is 5.95 Å². The highest BCUT2D eigenvalue weighted by Gasteiger charge is 2.24. The van der Waals surface area contributed by atoms with Crippen molar-refractivity contribution in [3.8, 4) is 17.2 Å². The molecular formula is C23H26N4O3. The molecule has 2 aromatic carbocycles. The number of benzene rings is 2. The average molecular weight is 406 g/mol. The molecule has 0 atom stereocenters. The van der Waals surface area contributed by atoms with E-state index in [1.807, 2.05) is 35.5 Å². The molecule has 4 rings (SSSR count). The smallest absolute Gasteiger partial charge is 0.260 e. The number of aromatic nitrogens is 2. The Morgan fingerprint density at radius 2 is 1.77 bits per heavy atom. The summed E-state index contributed by atoms with van der Waals surface area (Å²) in [7, 11) is 1.61. The first-order chi connectivity index (χ1) is 14.6. The molecule has 156 valence electrons. The van der Waals surface area contributed by atoms with Gasteiger partial charge in [-0.2, -0.15) is 0 Å². The van der Waals surface area contributed by atoms with Gasteiger partial charge in [-0.1, -0.05) is 23.8 Å². The van der Waals surface area contributed by atoms with Gasteiger partial charge in [0.15, 0.2) is 6.61 Å². The van der Waals surface area contributed by atoms with Gasteiger partial charge in [0.25, 0.3) is 5.91 Å². The number of carbonyl (C=O) groups is 1. The summed E-state index contributed by atoms with van der Waals surface area (Å²) in [6, 6.07) is 15.7. The summed E-state index contributed by atoms with van der Waals surface area (Å²) in [4.78, 5) is 21.2. The fourth-order valence-electron chi connectivity index (χ4n) is 3.52. The maximum atomic E-state index is 12.6. The second-order valence-electron chi connectivity index (χ2n) is 7.27. The van der Waals surface area contributed by atoms with Crippen molar-refractivity contribution in [2.45, 2.75) is 6.92 Å². The topological polar surface area (TPSA) is 59.8 Å². The van der Waals surface area contributed by atoms with E-state index in [0.717, 1.165) is 24.7 Å². The molecular weight excluding hydrogens is 380 g/mol. The molecule has 1 aliphatic rings. The molecule has 1 aliphatic heterocycles. The number of hydrogen-bond donors (Lipinski definition) is 0. The Labute approximate surface area is 176 Å². The van der Waals surface area contributed by atoms with Crippen LogP contribution in [0.5, 0.6) is 11.5 Å². The van der Waals surface area contributed by atoms with Crippen LogP contribution in [-0.4, -0.2) is 60.3 Å². The third-order valence-electron chi connectivity index (χ3n) is 5.25. The second kappa shape index (κ2) is 8.90. The van der Waals surface area contributed by atoms with Crippen molar-refractivity contribution in [3.63, 3.8) is 0 Å². The SMILES string of the molecule is COc1cccc(OCC(=O)N2CCN(c3nccn3-c3ccc(C)cc3)CC2)c1. The minimum Gasteiger partial charge on any atom is -0.497 e. The lowest BCUT2D eigenvalue weighted by Gasteiger charge is -2.35. The van der Waals surface area contributed by atoms with Crippen LogP contribution in [0.2, 0.25) is 0 Å². The van der Waals surface area contributed by atoms with Gasteiger partial charge < -0.3 is 19.3 Å². The van der Waals surface area contributed by atoms with Gasteiger partial charge >= 0.3 is 0 Å². The Hall–Kier alpha value is -3.48. The van der Waals surface area contributed by atoms with Gasteiger partial charge in [0, 0.05) is 50.3 Å². The third-order valence-corrected chi connectivity index (χ3v) is 5.25. The molecule has 1 amide bonds. The maximum Gasteiger partial charge on any atom is 0.260 e. The molecule has 0 bridgehead atoms. The predicted molar refractivity (Wildman–Crippen MR) is 116 cm³/mol. The first-order valence-electron chi connectivity index (χ1n) is 10.0. The van der Waals surface area contributed by atoms with E-state index in [1.165, 1.54) is 5.56 Å². The Morgan fingerprint density at radius 1 is 1.03 bits per heavy atom. The Bertz CT molecular complexity index is 992. The number of aryl methyl sites for hydroxylation is 1. The van der Waals surface area contributed by atoms with Crippen molar-refractivity contribution >= 4 is 11.9 Å². The van der Waals surface area contributed by atoms with Gasteiger partial charge in [0.1, 0.15) is 11.5 Å². The van der Waals surface area contributed by atoms with Gasteiger partial charge in [-0.25, -0.2) is 4.98 Å². The Balaban J connectivity index is 1.33. The van der Waals surface area contributed by atoms with Crippen LogP contribution in [0.1, 0.15) is 5.56 Å². The molecule has 3 aromatic rings. The van der Waals surface area contributed by atoms with E-state index in [0.29, 0.717) is 24.6 Å². The maximum absolute atomic E-state index is 12.6. The summed E-state index contributed by atoms with van der Waals surface area (Å²) < 4.78 is 12.9. The van der Waals surface area contributed by atoms with Crippen molar-refractivity contribution in [1.82, 2.24) is 14.5 Å². The molecule has 0 saturated carbocycles. The predicted octanol–water partition coefficient (Wildman–Crippen LogP) is 2.92. The normalized spacial score (nSPS) is 13.9. The highest BCUT2D eigenvalue weighted by molar-refractivity contribution is 5.78. The molecule has 1 aromatic heterocycles. The van der Waals surface area contributed by atoms with Crippen LogP contribution in [0.4, 0.5) is 5.95 Å². The molecule has 1 saturated heterocycles. The first-order valence-corrected chi connectivity index (χ1v) is 10.0. The van der Waals surface area contributed by atoms with E-state index in [9.17, 15) is 4.79 Å². The summed E-state index contributed by atoms with van der Waals surface area (Å²) in [5.74, 6) is 2.22. The number of rotatable bonds is 6. The number of carbonyl (C=O) groups excluding carboxylic acids is 1. The molecule has 0 spiro atoms. The van der Waals surface area contributed by atoms with Crippen LogP contribution >= 0.6 is 0 Å². The number of methoxy groups -OCH3 is 1. The molecule has 2 heterocycles. The summed E-state index contributed by atoms with van der Waals surface area (Å²) in [6.07, 6.45) is 3.79. The molecule has 7 nitrogen and oxygen atoms in total. The number of imidazole rings is 1. The minimum absolute atomic E-state index is 0.0145. The van der Waals surface area contributed by atoms with Gasteiger partial charge in [-0.15, -0.1) is 0 Å². The number of hydrogen-bond acceptors (Lipinski definition) is 5. The Morgan fingerprint density at radius 3 is 2.50 bits per heavy atom. The average Bonchev–Trinajstić information content (AvgIpc) is 3.28. The van der Waals surface area contributed by atoms with Crippen LogP contribution in [0.25, 0.3) is 5.69 Å². The van der Waals surface area contributed by atoms with E-state index < -0.39 is 0 Å². The van der Waals surface area contributed by atoms with Crippen molar-refractivity contribution in [3.05, 3.63) is 66.5 Å². The van der Waals surface area contributed by atoms with Crippen LogP contribution in [0, 0.1) is 6.92 Å². The molecule has 0 aliphatic carbocycles. The number of nitrogens with zero attached hydrogens (tertiary/aromatic N) is 4. The fraction of sp³-hybridized carbons (Fsp3) is 0.304. The monoisotopic (exact) mass is 406 g/mol. The molecule has 30 heavy (non-hydrogen) atoms. The molecule has 0 unspecified atom stereocenters. The summed E-state index contributed by atoms with van der Waals surface area (Å²) in [6.45, 7) is 4.83. The van der Waals surface area contributed by atoms with Gasteiger partial charge in [-0.3, -0.25) is 9.36 Å². The highest BCUT2D eigenvalue weighted by atomic mass is 16.5. The quantitative estimate of drug-likeness (QED) is 0.630. The molecule has 0 radical (unpaired) electrons. The van der Waals surface area contributed by atoms with Crippen LogP contribution < -0.4 is 14.4 Å². The largest absolute Gasteiger partial charge is 0.497 e. The lowest BCUT2D eigenvalue weighted by Crippen LogP contribution is -2.50. The second-order valence-corrected chi connectivity index (χ2v) is 7.27. The molecule has 1 fully saturated rings. The number of amides is 1. The lowest BCUT2D eigenvalue weighted by atomic mass is 10.2. The van der Waals surface area contributed by atoms with Crippen LogP contribution in [-0.2, 0) is 4.79 Å². The molecule has 0 N–H and O–H groups in total. The zero-order chi connectivity index (χ0) is 20.9. The Kier molecular flexibility index (Phi) is 5.88. The zero-order valence-corrected chi connectivity index (χ0v) is 17.3. The van der Waals surface area contributed by atoms with Gasteiger partial charge in [-0.05, 0) is 31.2 Å². The van der Waals surface area contributed by atoms with E-state index in [2.05, 4.69) is 45.6 Å².